The number of nitrogens with zero attached hydrogens (tertiary/aromatic N) is 2. The number of carbonyl (C=O) groups excluding carboxylic acids is 1. The molecular formula is C24H15F6N3O3. The largest absolute Gasteiger partial charge is 0.497 e. The van der Waals surface area contributed by atoms with Gasteiger partial charge in [0, 0.05) is 29.5 Å². The van der Waals surface area contributed by atoms with Crippen LogP contribution in [0.25, 0.3) is 16.9 Å². The highest BCUT2D eigenvalue weighted by atomic mass is 19.3. The lowest BCUT2D eigenvalue weighted by atomic mass is 10.1. The van der Waals surface area contributed by atoms with E-state index in [-0.39, 0.29) is 34.3 Å². The summed E-state index contributed by atoms with van der Waals surface area (Å²) in [5, 5.41) is 2.38. The normalized spacial score (nSPS) is 11.0. The Morgan fingerprint density at radius 2 is 1.56 bits per heavy atom. The predicted octanol–water partition coefficient (Wildman–Crippen LogP) is 5.96. The number of benzene rings is 3. The summed E-state index contributed by atoms with van der Waals surface area (Å²) in [6.07, 6.45) is 1.12. The van der Waals surface area contributed by atoms with Crippen molar-refractivity contribution in [1.82, 2.24) is 9.55 Å². The summed E-state index contributed by atoms with van der Waals surface area (Å²) in [7, 11) is 1.22. The van der Waals surface area contributed by atoms with Crippen molar-refractivity contribution in [2.45, 2.75) is 6.61 Å². The van der Waals surface area contributed by atoms with Crippen LogP contribution in [0.5, 0.6) is 11.5 Å². The quantitative estimate of drug-likeness (QED) is 0.314. The molecule has 0 aliphatic heterocycles. The second-order valence-electron chi connectivity index (χ2n) is 7.25. The average Bonchev–Trinajstić information content (AvgIpc) is 3.23. The van der Waals surface area contributed by atoms with Crippen LogP contribution in [0.1, 0.15) is 10.4 Å². The molecule has 1 N–H and O–H groups in total. The van der Waals surface area contributed by atoms with Gasteiger partial charge in [0.25, 0.3) is 5.91 Å². The van der Waals surface area contributed by atoms with Crippen LogP contribution in [0, 0.1) is 23.3 Å². The zero-order chi connectivity index (χ0) is 26.0. The molecule has 0 saturated carbocycles. The van der Waals surface area contributed by atoms with Crippen LogP contribution >= 0.6 is 0 Å². The number of hydrogen-bond acceptors (Lipinski definition) is 4. The van der Waals surface area contributed by atoms with Crippen LogP contribution in [-0.4, -0.2) is 29.2 Å². The number of ether oxygens (including phenoxy) is 2. The zero-order valence-corrected chi connectivity index (χ0v) is 18.2. The van der Waals surface area contributed by atoms with Crippen molar-refractivity contribution in [1.29, 1.82) is 0 Å². The Balaban J connectivity index is 1.76. The van der Waals surface area contributed by atoms with Gasteiger partial charge in [-0.05, 0) is 42.5 Å². The maximum absolute atomic E-state index is 14.8. The number of halogens is 6. The number of alkyl halides is 2. The molecule has 0 spiro atoms. The van der Waals surface area contributed by atoms with Crippen LogP contribution in [0.2, 0.25) is 0 Å². The molecule has 0 atom stereocenters. The third kappa shape index (κ3) is 5.11. The molecule has 1 aromatic heterocycles. The van der Waals surface area contributed by atoms with Crippen LogP contribution in [0.3, 0.4) is 0 Å². The number of hydrogen-bond donors (Lipinski definition) is 1. The number of aromatic nitrogens is 2. The van der Waals surface area contributed by atoms with Crippen molar-refractivity contribution in [3.8, 4) is 28.4 Å². The smallest absolute Gasteiger partial charge is 0.387 e. The summed E-state index contributed by atoms with van der Waals surface area (Å²) in [6, 6.07) is 9.31. The fraction of sp³-hybridized carbons (Fsp3) is 0.0833. The Morgan fingerprint density at radius 1 is 0.889 bits per heavy atom. The van der Waals surface area contributed by atoms with Crippen molar-refractivity contribution in [2.75, 3.05) is 12.4 Å². The molecule has 0 unspecified atom stereocenters. The molecule has 4 rings (SSSR count). The molecule has 0 bridgehead atoms. The van der Waals surface area contributed by atoms with Crippen LogP contribution in [0.4, 0.5) is 32.3 Å². The Labute approximate surface area is 199 Å². The van der Waals surface area contributed by atoms with E-state index in [4.69, 9.17) is 4.74 Å². The average molecular weight is 507 g/mol. The van der Waals surface area contributed by atoms with Crippen molar-refractivity contribution in [2.24, 2.45) is 0 Å². The first-order chi connectivity index (χ1) is 17.2. The minimum atomic E-state index is -3.05. The van der Waals surface area contributed by atoms with E-state index in [1.165, 1.54) is 25.3 Å². The summed E-state index contributed by atoms with van der Waals surface area (Å²) < 4.78 is 91.5. The van der Waals surface area contributed by atoms with Gasteiger partial charge in [-0.2, -0.15) is 8.78 Å². The van der Waals surface area contributed by atoms with E-state index in [9.17, 15) is 31.1 Å². The number of nitrogens with one attached hydrogen (secondary N) is 1. The van der Waals surface area contributed by atoms with Gasteiger partial charge in [0.05, 0.1) is 12.8 Å². The Hall–Kier alpha value is -4.48. The first-order valence-corrected chi connectivity index (χ1v) is 10.1. The number of methoxy groups -OCH3 is 1. The van der Waals surface area contributed by atoms with Gasteiger partial charge in [-0.3, -0.25) is 14.7 Å². The fourth-order valence-electron chi connectivity index (χ4n) is 3.29. The minimum Gasteiger partial charge on any atom is -0.497 e. The number of anilines is 1. The number of carbonyl (C=O) groups is 1. The molecule has 0 radical (unpaired) electrons. The monoisotopic (exact) mass is 507 g/mol. The van der Waals surface area contributed by atoms with E-state index in [0.29, 0.717) is 0 Å². The Morgan fingerprint density at radius 3 is 2.14 bits per heavy atom. The molecule has 1 heterocycles. The molecule has 36 heavy (non-hydrogen) atoms. The summed E-state index contributed by atoms with van der Waals surface area (Å²) >= 11 is 0. The van der Waals surface area contributed by atoms with E-state index in [1.54, 1.807) is 0 Å². The molecule has 0 fully saturated rings. The highest BCUT2D eigenvalue weighted by molar-refractivity contribution is 6.03. The third-order valence-corrected chi connectivity index (χ3v) is 4.96. The third-order valence-electron chi connectivity index (χ3n) is 4.96. The molecule has 6 nitrogen and oxygen atoms in total. The summed E-state index contributed by atoms with van der Waals surface area (Å²) in [4.78, 5) is 16.9. The van der Waals surface area contributed by atoms with Crippen LogP contribution < -0.4 is 14.8 Å². The summed E-state index contributed by atoms with van der Waals surface area (Å²) in [5.41, 5.74) is -0.630. The molecule has 0 saturated heterocycles. The van der Waals surface area contributed by atoms with Crippen molar-refractivity contribution in [3.05, 3.63) is 89.6 Å². The van der Waals surface area contributed by atoms with Gasteiger partial charge < -0.3 is 9.47 Å². The molecule has 3 aromatic carbocycles. The number of rotatable bonds is 7. The Kier molecular flexibility index (Phi) is 6.86. The van der Waals surface area contributed by atoms with E-state index < -0.39 is 41.5 Å². The van der Waals surface area contributed by atoms with Crippen molar-refractivity contribution in [3.63, 3.8) is 0 Å². The summed E-state index contributed by atoms with van der Waals surface area (Å²) in [6.45, 7) is -3.05. The highest BCUT2D eigenvalue weighted by Crippen LogP contribution is 2.30. The Bertz CT molecular complexity index is 1400. The number of imidazole rings is 1. The van der Waals surface area contributed by atoms with Gasteiger partial charge in [0.1, 0.15) is 17.2 Å². The van der Waals surface area contributed by atoms with Crippen molar-refractivity contribution < 1.29 is 40.6 Å². The molecule has 1 amide bonds. The molecule has 186 valence electrons. The standard InChI is InChI=1S/C24H15F6N3O3/c1-35-15-9-18(27)21(19(28)10-15)33-11-20(13-4-7-16(25)17(26)8-13)31-24(33)32-22(34)12-2-5-14(6-3-12)36-23(29)30/h2-11,23H,1H3,(H,31,32,34). The lowest BCUT2D eigenvalue weighted by molar-refractivity contribution is -0.0498. The maximum Gasteiger partial charge on any atom is 0.387 e. The van der Waals surface area contributed by atoms with Crippen LogP contribution in [-0.2, 0) is 0 Å². The fourth-order valence-corrected chi connectivity index (χ4v) is 3.29. The first kappa shape index (κ1) is 24.6. The highest BCUT2D eigenvalue weighted by Gasteiger charge is 2.21. The zero-order valence-electron chi connectivity index (χ0n) is 18.2. The lowest BCUT2D eigenvalue weighted by Crippen LogP contribution is -2.16. The molecule has 4 aromatic rings. The maximum atomic E-state index is 14.8. The van der Waals surface area contributed by atoms with E-state index in [0.717, 1.165) is 47.2 Å². The lowest BCUT2D eigenvalue weighted by Gasteiger charge is -2.12. The summed E-state index contributed by atoms with van der Waals surface area (Å²) in [5.74, 6) is -5.89. The second kappa shape index (κ2) is 10.0. The van der Waals surface area contributed by atoms with E-state index >= 15 is 0 Å². The van der Waals surface area contributed by atoms with Gasteiger partial charge in [0.2, 0.25) is 5.95 Å². The predicted molar refractivity (Wildman–Crippen MR) is 116 cm³/mol. The van der Waals surface area contributed by atoms with E-state index in [2.05, 4.69) is 15.0 Å². The SMILES string of the molecule is COc1cc(F)c(-n2cc(-c3ccc(F)c(F)c3)nc2NC(=O)c2ccc(OC(F)F)cc2)c(F)c1. The molecular weight excluding hydrogens is 492 g/mol. The second-order valence-corrected chi connectivity index (χ2v) is 7.25. The van der Waals surface area contributed by atoms with Gasteiger partial charge in [-0.1, -0.05) is 0 Å². The van der Waals surface area contributed by atoms with Crippen LogP contribution in [0.15, 0.2) is 60.8 Å². The topological polar surface area (TPSA) is 65.4 Å². The minimum absolute atomic E-state index is 0.0174. The molecule has 0 aliphatic rings. The van der Waals surface area contributed by atoms with Crippen molar-refractivity contribution >= 4 is 11.9 Å². The first-order valence-electron chi connectivity index (χ1n) is 10.1. The van der Waals surface area contributed by atoms with E-state index in [1.807, 2.05) is 0 Å². The number of amides is 1. The molecule has 0 aliphatic carbocycles. The van der Waals surface area contributed by atoms with Gasteiger partial charge >= 0.3 is 6.61 Å². The van der Waals surface area contributed by atoms with Gasteiger partial charge in [0.15, 0.2) is 23.3 Å². The molecule has 12 heteroatoms. The van der Waals surface area contributed by atoms with Gasteiger partial charge in [-0.25, -0.2) is 22.5 Å². The van der Waals surface area contributed by atoms with Gasteiger partial charge in [-0.15, -0.1) is 0 Å².